The number of carbonyl (C=O) groups excluding carboxylic acids is 2. The monoisotopic (exact) mass is 278 g/mol. The van der Waals surface area contributed by atoms with Gasteiger partial charge < -0.3 is 9.47 Å². The van der Waals surface area contributed by atoms with Crippen LogP contribution in [-0.4, -0.2) is 26.3 Å². The second-order valence-electron chi connectivity index (χ2n) is 4.69. The number of benzene rings is 1. The number of ether oxygens (including phenoxy) is 2. The number of hydrogen-bond donors (Lipinski definition) is 0. The van der Waals surface area contributed by atoms with Gasteiger partial charge in [-0.3, -0.25) is 9.59 Å². The molecule has 20 heavy (non-hydrogen) atoms. The van der Waals surface area contributed by atoms with E-state index in [0.717, 1.165) is 25.5 Å². The fourth-order valence-corrected chi connectivity index (χ4v) is 2.10. The van der Waals surface area contributed by atoms with E-state index >= 15 is 0 Å². The van der Waals surface area contributed by atoms with Gasteiger partial charge in [0.25, 0.3) is 0 Å². The zero-order valence-electron chi connectivity index (χ0n) is 12.4. The van der Waals surface area contributed by atoms with Crippen LogP contribution in [0.15, 0.2) is 12.1 Å². The van der Waals surface area contributed by atoms with Crippen LogP contribution in [0.25, 0.3) is 0 Å². The van der Waals surface area contributed by atoms with Crippen LogP contribution >= 0.6 is 0 Å². The number of rotatable bonds is 9. The second-order valence-corrected chi connectivity index (χ2v) is 4.69. The van der Waals surface area contributed by atoms with Gasteiger partial charge in [-0.1, -0.05) is 19.8 Å². The third-order valence-electron chi connectivity index (χ3n) is 3.22. The molecule has 4 nitrogen and oxygen atoms in total. The van der Waals surface area contributed by atoms with Crippen LogP contribution in [-0.2, 0) is 11.2 Å². The first-order valence-electron chi connectivity index (χ1n) is 6.88. The number of aldehydes is 1. The Bertz CT molecular complexity index is 466. The predicted molar refractivity (Wildman–Crippen MR) is 77.8 cm³/mol. The minimum Gasteiger partial charge on any atom is -0.497 e. The van der Waals surface area contributed by atoms with Crippen LogP contribution in [0.4, 0.5) is 0 Å². The Labute approximate surface area is 120 Å². The Morgan fingerprint density at radius 2 is 1.95 bits per heavy atom. The van der Waals surface area contributed by atoms with Gasteiger partial charge in [-0.05, 0) is 18.1 Å². The summed E-state index contributed by atoms with van der Waals surface area (Å²) in [6.07, 6.45) is 4.55. The Morgan fingerprint density at radius 3 is 2.50 bits per heavy atom. The van der Waals surface area contributed by atoms with E-state index in [-0.39, 0.29) is 12.2 Å². The Morgan fingerprint density at radius 1 is 1.20 bits per heavy atom. The zero-order chi connectivity index (χ0) is 15.0. The van der Waals surface area contributed by atoms with E-state index in [0.29, 0.717) is 29.0 Å². The molecular weight excluding hydrogens is 256 g/mol. The molecule has 0 amide bonds. The molecule has 0 fully saturated rings. The van der Waals surface area contributed by atoms with Gasteiger partial charge in [-0.15, -0.1) is 0 Å². The minimum absolute atomic E-state index is 0.136. The van der Waals surface area contributed by atoms with E-state index in [2.05, 4.69) is 6.92 Å². The molecule has 0 saturated carbocycles. The maximum absolute atomic E-state index is 12.0. The second kappa shape index (κ2) is 8.35. The number of carbonyl (C=O) groups is 2. The molecule has 4 heteroatoms. The van der Waals surface area contributed by atoms with Gasteiger partial charge in [0.1, 0.15) is 17.3 Å². The van der Waals surface area contributed by atoms with Crippen molar-refractivity contribution in [2.75, 3.05) is 14.2 Å². The van der Waals surface area contributed by atoms with Crippen molar-refractivity contribution in [3.8, 4) is 11.5 Å². The van der Waals surface area contributed by atoms with Crippen molar-refractivity contribution in [1.29, 1.82) is 0 Å². The fourth-order valence-electron chi connectivity index (χ4n) is 2.10. The van der Waals surface area contributed by atoms with Crippen molar-refractivity contribution < 1.29 is 19.1 Å². The molecule has 0 bridgehead atoms. The number of unbranched alkanes of at least 4 members (excludes halogenated alkanes) is 2. The van der Waals surface area contributed by atoms with Crippen LogP contribution in [0, 0.1) is 0 Å². The predicted octanol–water partition coefficient (Wildman–Crippen LogP) is 3.21. The summed E-state index contributed by atoms with van der Waals surface area (Å²) in [6, 6.07) is 3.37. The molecule has 0 saturated heterocycles. The Balaban J connectivity index is 2.91. The molecule has 0 aromatic heterocycles. The van der Waals surface area contributed by atoms with Gasteiger partial charge in [-0.2, -0.15) is 0 Å². The van der Waals surface area contributed by atoms with Crippen molar-refractivity contribution in [1.82, 2.24) is 0 Å². The first kappa shape index (κ1) is 16.2. The van der Waals surface area contributed by atoms with Gasteiger partial charge in [-0.25, -0.2) is 0 Å². The molecule has 0 unspecified atom stereocenters. The topological polar surface area (TPSA) is 52.6 Å². The first-order valence-corrected chi connectivity index (χ1v) is 6.88. The lowest BCUT2D eigenvalue weighted by atomic mass is 9.99. The molecule has 1 aromatic carbocycles. The summed E-state index contributed by atoms with van der Waals surface area (Å²) in [6.45, 7) is 2.10. The number of ketones is 1. The highest BCUT2D eigenvalue weighted by Crippen LogP contribution is 2.28. The Hall–Kier alpha value is -1.84. The summed E-state index contributed by atoms with van der Waals surface area (Å²) in [5, 5.41) is 0. The highest BCUT2D eigenvalue weighted by Gasteiger charge is 2.14. The van der Waals surface area contributed by atoms with Crippen molar-refractivity contribution in [2.24, 2.45) is 0 Å². The summed E-state index contributed by atoms with van der Waals surface area (Å²) in [7, 11) is 3.04. The highest BCUT2D eigenvalue weighted by molar-refractivity contribution is 5.88. The van der Waals surface area contributed by atoms with Crippen molar-refractivity contribution >= 4 is 12.1 Å². The maximum atomic E-state index is 12.0. The van der Waals surface area contributed by atoms with E-state index in [1.807, 2.05) is 0 Å². The molecule has 110 valence electrons. The average Bonchev–Trinajstić information content (AvgIpc) is 2.46. The van der Waals surface area contributed by atoms with E-state index in [4.69, 9.17) is 9.47 Å². The van der Waals surface area contributed by atoms with Crippen LogP contribution in [0.3, 0.4) is 0 Å². The van der Waals surface area contributed by atoms with Crippen molar-refractivity contribution in [3.05, 3.63) is 23.3 Å². The molecule has 0 aliphatic rings. The maximum Gasteiger partial charge on any atom is 0.154 e. The number of Topliss-reactive ketones (excluding diaryl/α,β-unsaturated/α-hetero) is 1. The van der Waals surface area contributed by atoms with E-state index < -0.39 is 0 Å². The van der Waals surface area contributed by atoms with Crippen molar-refractivity contribution in [2.45, 2.75) is 39.0 Å². The molecule has 0 aliphatic carbocycles. The Kier molecular flexibility index (Phi) is 6.77. The molecule has 0 radical (unpaired) electrons. The van der Waals surface area contributed by atoms with Crippen LogP contribution < -0.4 is 9.47 Å². The summed E-state index contributed by atoms with van der Waals surface area (Å²) in [5.41, 5.74) is 1.09. The van der Waals surface area contributed by atoms with Gasteiger partial charge in [0.05, 0.1) is 19.8 Å². The smallest absolute Gasteiger partial charge is 0.154 e. The SMILES string of the molecule is CCCCCC(=O)Cc1cc(OC)cc(OC)c1C=O. The first-order chi connectivity index (χ1) is 9.65. The third-order valence-corrected chi connectivity index (χ3v) is 3.22. The summed E-state index contributed by atoms with van der Waals surface area (Å²) in [5.74, 6) is 1.16. The average molecular weight is 278 g/mol. The molecule has 0 aliphatic heterocycles. The third kappa shape index (κ3) is 4.37. The van der Waals surface area contributed by atoms with Gasteiger partial charge in [0.15, 0.2) is 6.29 Å². The van der Waals surface area contributed by atoms with E-state index in [1.165, 1.54) is 7.11 Å². The lowest BCUT2D eigenvalue weighted by Gasteiger charge is -2.12. The standard InChI is InChI=1S/C16H22O4/c1-4-5-6-7-13(18)8-12-9-14(19-2)10-16(20-3)15(12)11-17/h9-11H,4-8H2,1-3H3. The summed E-state index contributed by atoms with van der Waals surface area (Å²) in [4.78, 5) is 23.2. The molecular formula is C16H22O4. The quantitative estimate of drug-likeness (QED) is 0.514. The molecule has 0 heterocycles. The summed E-state index contributed by atoms with van der Waals surface area (Å²) >= 11 is 0. The lowest BCUT2D eigenvalue weighted by Crippen LogP contribution is -2.07. The van der Waals surface area contributed by atoms with Crippen LogP contribution in [0.1, 0.15) is 48.5 Å². The van der Waals surface area contributed by atoms with Gasteiger partial charge >= 0.3 is 0 Å². The molecule has 0 N–H and O–H groups in total. The van der Waals surface area contributed by atoms with Crippen molar-refractivity contribution in [3.63, 3.8) is 0 Å². The largest absolute Gasteiger partial charge is 0.497 e. The fraction of sp³-hybridized carbons (Fsp3) is 0.500. The molecule has 1 aromatic rings. The zero-order valence-corrected chi connectivity index (χ0v) is 12.4. The number of methoxy groups -OCH3 is 2. The lowest BCUT2D eigenvalue weighted by molar-refractivity contribution is -0.118. The van der Waals surface area contributed by atoms with Crippen LogP contribution in [0.5, 0.6) is 11.5 Å². The molecule has 0 spiro atoms. The summed E-state index contributed by atoms with van der Waals surface area (Å²) < 4.78 is 10.3. The van der Waals surface area contributed by atoms with Crippen LogP contribution in [0.2, 0.25) is 0 Å². The normalized spacial score (nSPS) is 10.2. The van der Waals surface area contributed by atoms with E-state index in [1.54, 1.807) is 19.2 Å². The van der Waals surface area contributed by atoms with Gasteiger partial charge in [0, 0.05) is 18.9 Å². The minimum atomic E-state index is 0.136. The highest BCUT2D eigenvalue weighted by atomic mass is 16.5. The number of hydrogen-bond acceptors (Lipinski definition) is 4. The van der Waals surface area contributed by atoms with E-state index in [9.17, 15) is 9.59 Å². The van der Waals surface area contributed by atoms with Gasteiger partial charge in [0.2, 0.25) is 0 Å². The molecule has 0 atom stereocenters. The molecule has 1 rings (SSSR count).